The number of hydrogen-bond donors (Lipinski definition) is 2. The lowest BCUT2D eigenvalue weighted by Gasteiger charge is -2.41. The highest BCUT2D eigenvalue weighted by Gasteiger charge is 2.38. The second-order valence-electron chi connectivity index (χ2n) is 5.41. The fourth-order valence-electron chi connectivity index (χ4n) is 2.80. The molecule has 1 aromatic rings. The number of likely N-dealkylation sites (N-methyl/N-ethyl adjacent to an activating group) is 1. The van der Waals surface area contributed by atoms with Crippen molar-refractivity contribution < 1.29 is 13.9 Å². The number of morpholine rings is 1. The highest BCUT2D eigenvalue weighted by atomic mass is 16.5. The molecule has 0 aromatic carbocycles. The highest BCUT2D eigenvalue weighted by Crippen LogP contribution is 2.30. The molecule has 1 aliphatic rings. The van der Waals surface area contributed by atoms with Crippen LogP contribution in [0.25, 0.3) is 0 Å². The standard InChI is InChI=1S/C15H25N3O3/c1-4-11(16)14(13-6-5-10(2)21-13)18-7-8-20-9-12(18)15(19)17-3/h5-6,11-12,14H,4,7-9,16H2,1-3H3,(H,17,19). The summed E-state index contributed by atoms with van der Waals surface area (Å²) in [4.78, 5) is 14.2. The Morgan fingerprint density at radius 3 is 2.90 bits per heavy atom. The molecule has 3 atom stereocenters. The Morgan fingerprint density at radius 2 is 2.33 bits per heavy atom. The van der Waals surface area contributed by atoms with Gasteiger partial charge in [-0.15, -0.1) is 0 Å². The molecule has 0 aliphatic carbocycles. The van der Waals surface area contributed by atoms with Crippen molar-refractivity contribution in [2.45, 2.75) is 38.4 Å². The number of furan rings is 1. The summed E-state index contributed by atoms with van der Waals surface area (Å²) in [6.45, 7) is 5.60. The third-order valence-corrected chi connectivity index (χ3v) is 4.01. The van der Waals surface area contributed by atoms with Gasteiger partial charge in [0, 0.05) is 19.6 Å². The van der Waals surface area contributed by atoms with Crippen molar-refractivity contribution in [3.05, 3.63) is 23.7 Å². The Kier molecular flexibility index (Phi) is 5.39. The number of amides is 1. The highest BCUT2D eigenvalue weighted by molar-refractivity contribution is 5.81. The number of nitrogens with zero attached hydrogens (tertiary/aromatic N) is 1. The molecule has 3 unspecified atom stereocenters. The normalized spacial score (nSPS) is 22.8. The van der Waals surface area contributed by atoms with Crippen LogP contribution < -0.4 is 11.1 Å². The van der Waals surface area contributed by atoms with Crippen LogP contribution >= 0.6 is 0 Å². The van der Waals surface area contributed by atoms with Crippen molar-refractivity contribution in [2.75, 3.05) is 26.8 Å². The molecular formula is C15H25N3O3. The quantitative estimate of drug-likeness (QED) is 0.840. The molecule has 0 saturated carbocycles. The maximum absolute atomic E-state index is 12.1. The van der Waals surface area contributed by atoms with Crippen LogP contribution in [0.1, 0.15) is 30.9 Å². The second kappa shape index (κ2) is 7.06. The summed E-state index contributed by atoms with van der Waals surface area (Å²) in [6, 6.07) is 3.33. The minimum atomic E-state index is -0.336. The predicted molar refractivity (Wildman–Crippen MR) is 79.8 cm³/mol. The minimum Gasteiger partial charge on any atom is -0.465 e. The summed E-state index contributed by atoms with van der Waals surface area (Å²) in [5.41, 5.74) is 6.32. The van der Waals surface area contributed by atoms with Gasteiger partial charge < -0.3 is 20.2 Å². The van der Waals surface area contributed by atoms with Crippen LogP contribution in [0, 0.1) is 6.92 Å². The van der Waals surface area contributed by atoms with E-state index in [0.717, 1.165) is 17.9 Å². The largest absolute Gasteiger partial charge is 0.465 e. The van der Waals surface area contributed by atoms with Crippen LogP contribution in [0.4, 0.5) is 0 Å². The van der Waals surface area contributed by atoms with Gasteiger partial charge in [-0.05, 0) is 25.5 Å². The third kappa shape index (κ3) is 3.45. The molecule has 1 aromatic heterocycles. The van der Waals surface area contributed by atoms with E-state index in [9.17, 15) is 4.79 Å². The molecule has 1 fully saturated rings. The van der Waals surface area contributed by atoms with E-state index >= 15 is 0 Å². The number of nitrogens with two attached hydrogens (primary N) is 1. The fourth-order valence-corrected chi connectivity index (χ4v) is 2.80. The van der Waals surface area contributed by atoms with Crippen LogP contribution in [0.2, 0.25) is 0 Å². The SMILES string of the molecule is CCC(N)C(c1ccc(C)o1)N1CCOCC1C(=O)NC. The summed E-state index contributed by atoms with van der Waals surface area (Å²) in [5.74, 6) is 1.62. The van der Waals surface area contributed by atoms with E-state index in [1.807, 2.05) is 26.0 Å². The van der Waals surface area contributed by atoms with E-state index < -0.39 is 0 Å². The number of hydrogen-bond acceptors (Lipinski definition) is 5. The van der Waals surface area contributed by atoms with Crippen molar-refractivity contribution in [3.63, 3.8) is 0 Å². The molecule has 1 aliphatic heterocycles. The Hall–Kier alpha value is -1.37. The van der Waals surface area contributed by atoms with Crippen molar-refractivity contribution in [3.8, 4) is 0 Å². The van der Waals surface area contributed by atoms with Crippen LogP contribution in [0.3, 0.4) is 0 Å². The Balaban J connectivity index is 2.31. The Labute approximate surface area is 125 Å². The van der Waals surface area contributed by atoms with Gasteiger partial charge in [0.05, 0.1) is 19.3 Å². The van der Waals surface area contributed by atoms with Gasteiger partial charge in [-0.25, -0.2) is 0 Å². The lowest BCUT2D eigenvalue weighted by atomic mass is 9.99. The number of ether oxygens (including phenoxy) is 1. The van der Waals surface area contributed by atoms with Crippen molar-refractivity contribution >= 4 is 5.91 Å². The smallest absolute Gasteiger partial charge is 0.239 e. The first-order valence-electron chi connectivity index (χ1n) is 7.45. The van der Waals surface area contributed by atoms with Gasteiger partial charge >= 0.3 is 0 Å². The van der Waals surface area contributed by atoms with Crippen molar-refractivity contribution in [1.82, 2.24) is 10.2 Å². The molecule has 0 radical (unpaired) electrons. The number of rotatable bonds is 5. The average molecular weight is 295 g/mol. The minimum absolute atomic E-state index is 0.0497. The summed E-state index contributed by atoms with van der Waals surface area (Å²) in [6.07, 6.45) is 0.808. The van der Waals surface area contributed by atoms with Gasteiger partial charge in [-0.2, -0.15) is 0 Å². The number of nitrogens with one attached hydrogen (secondary N) is 1. The zero-order chi connectivity index (χ0) is 15.4. The van der Waals surface area contributed by atoms with Crippen molar-refractivity contribution in [2.24, 2.45) is 5.73 Å². The molecule has 6 heteroatoms. The molecular weight excluding hydrogens is 270 g/mol. The first-order chi connectivity index (χ1) is 10.1. The monoisotopic (exact) mass is 295 g/mol. The second-order valence-corrected chi connectivity index (χ2v) is 5.41. The molecule has 118 valence electrons. The van der Waals surface area contributed by atoms with Crippen LogP contribution in [0.5, 0.6) is 0 Å². The molecule has 21 heavy (non-hydrogen) atoms. The summed E-state index contributed by atoms with van der Waals surface area (Å²) in [7, 11) is 1.64. The maximum atomic E-state index is 12.1. The zero-order valence-corrected chi connectivity index (χ0v) is 13.0. The van der Waals surface area contributed by atoms with E-state index in [0.29, 0.717) is 19.8 Å². The average Bonchev–Trinajstić information content (AvgIpc) is 2.93. The summed E-state index contributed by atoms with van der Waals surface area (Å²) in [5, 5.41) is 2.70. The van der Waals surface area contributed by atoms with Gasteiger partial charge in [-0.3, -0.25) is 9.69 Å². The van der Waals surface area contributed by atoms with Crippen molar-refractivity contribution in [1.29, 1.82) is 0 Å². The molecule has 1 saturated heterocycles. The molecule has 1 amide bonds. The van der Waals surface area contributed by atoms with E-state index in [2.05, 4.69) is 10.2 Å². The number of carbonyl (C=O) groups is 1. The van der Waals surface area contributed by atoms with Gasteiger partial charge in [0.25, 0.3) is 0 Å². The molecule has 0 spiro atoms. The summed E-state index contributed by atoms with van der Waals surface area (Å²) >= 11 is 0. The van der Waals surface area contributed by atoms with Crippen LogP contribution in [-0.2, 0) is 9.53 Å². The molecule has 0 bridgehead atoms. The third-order valence-electron chi connectivity index (χ3n) is 4.01. The van der Waals surface area contributed by atoms with Gasteiger partial charge in [0.1, 0.15) is 17.6 Å². The fraction of sp³-hybridized carbons (Fsp3) is 0.667. The number of carbonyl (C=O) groups excluding carboxylic acids is 1. The molecule has 2 rings (SSSR count). The predicted octanol–water partition coefficient (Wildman–Crippen LogP) is 0.813. The Morgan fingerprint density at radius 1 is 1.57 bits per heavy atom. The van der Waals surface area contributed by atoms with Gasteiger partial charge in [0.2, 0.25) is 5.91 Å². The first kappa shape index (κ1) is 16.0. The van der Waals surface area contributed by atoms with E-state index in [1.54, 1.807) is 7.05 Å². The van der Waals surface area contributed by atoms with Gasteiger partial charge in [-0.1, -0.05) is 6.92 Å². The molecule has 2 heterocycles. The lowest BCUT2D eigenvalue weighted by molar-refractivity contribution is -0.135. The lowest BCUT2D eigenvalue weighted by Crippen LogP contribution is -2.57. The van der Waals surface area contributed by atoms with Gasteiger partial charge in [0.15, 0.2) is 0 Å². The van der Waals surface area contributed by atoms with E-state index in [4.69, 9.17) is 14.9 Å². The van der Waals surface area contributed by atoms with E-state index in [1.165, 1.54) is 0 Å². The first-order valence-corrected chi connectivity index (χ1v) is 7.45. The summed E-state index contributed by atoms with van der Waals surface area (Å²) < 4.78 is 11.3. The topological polar surface area (TPSA) is 80.7 Å². The van der Waals surface area contributed by atoms with Crippen LogP contribution in [0.15, 0.2) is 16.5 Å². The van der Waals surface area contributed by atoms with E-state index in [-0.39, 0.29) is 24.0 Å². The Bertz CT molecular complexity index is 474. The maximum Gasteiger partial charge on any atom is 0.239 e. The zero-order valence-electron chi connectivity index (χ0n) is 13.0. The van der Waals surface area contributed by atoms with Crippen LogP contribution in [-0.4, -0.2) is 49.7 Å². The molecule has 3 N–H and O–H groups in total. The molecule has 6 nitrogen and oxygen atoms in total. The number of aryl methyl sites for hydroxylation is 1.